The third-order valence-corrected chi connectivity index (χ3v) is 2.68. The minimum absolute atomic E-state index is 0.00482. The number of carbonyl (C=O) groups excluding carboxylic acids is 1. The minimum Gasteiger partial charge on any atom is -0.461 e. The summed E-state index contributed by atoms with van der Waals surface area (Å²) in [6.45, 7) is 0. The second-order valence-corrected chi connectivity index (χ2v) is 4.11. The molecule has 1 aromatic heterocycles. The van der Waals surface area contributed by atoms with E-state index in [0.717, 1.165) is 0 Å². The molecule has 1 heterocycles. The molecule has 3 nitrogen and oxygen atoms in total. The Labute approximate surface area is 104 Å². The summed E-state index contributed by atoms with van der Waals surface area (Å²) in [5, 5.41) is 10.5. The number of halogens is 1. The number of rotatable bonds is 4. The standard InChI is InChI=1S/C13H11ClO3/c14-10-5-3-9(4-6-10)11(15)8-12(16)13-2-1-7-17-13/h1-7,11,15H,8H2/t11-/m0/s1. The molecule has 0 aliphatic carbocycles. The predicted octanol–water partition coefficient (Wildman–Crippen LogP) is 3.24. The van der Waals surface area contributed by atoms with E-state index in [1.54, 1.807) is 36.4 Å². The summed E-state index contributed by atoms with van der Waals surface area (Å²) in [5.74, 6) is 0.0375. The zero-order valence-corrected chi connectivity index (χ0v) is 9.72. The number of aliphatic hydroxyl groups excluding tert-OH is 1. The van der Waals surface area contributed by atoms with E-state index in [4.69, 9.17) is 16.0 Å². The summed E-state index contributed by atoms with van der Waals surface area (Å²) >= 11 is 5.74. The van der Waals surface area contributed by atoms with Gasteiger partial charge in [-0.3, -0.25) is 4.79 Å². The lowest BCUT2D eigenvalue weighted by atomic mass is 10.0. The lowest BCUT2D eigenvalue weighted by Crippen LogP contribution is -2.06. The van der Waals surface area contributed by atoms with Gasteiger partial charge in [0.1, 0.15) is 0 Å². The molecule has 0 spiro atoms. The summed E-state index contributed by atoms with van der Waals surface area (Å²) in [6, 6.07) is 9.97. The van der Waals surface area contributed by atoms with Crippen molar-refractivity contribution in [2.24, 2.45) is 0 Å². The first-order valence-electron chi connectivity index (χ1n) is 5.17. The van der Waals surface area contributed by atoms with Crippen molar-refractivity contribution in [2.75, 3.05) is 0 Å². The Kier molecular flexibility index (Phi) is 3.61. The van der Waals surface area contributed by atoms with E-state index < -0.39 is 6.10 Å². The lowest BCUT2D eigenvalue weighted by molar-refractivity contribution is 0.0853. The van der Waals surface area contributed by atoms with E-state index in [0.29, 0.717) is 10.6 Å². The number of carbonyl (C=O) groups is 1. The molecule has 0 amide bonds. The summed E-state index contributed by atoms with van der Waals surface area (Å²) in [4.78, 5) is 11.7. The molecule has 4 heteroatoms. The van der Waals surface area contributed by atoms with E-state index in [-0.39, 0.29) is 18.0 Å². The molecule has 2 rings (SSSR count). The second-order valence-electron chi connectivity index (χ2n) is 3.67. The molecular formula is C13H11ClO3. The lowest BCUT2D eigenvalue weighted by Gasteiger charge is -2.09. The van der Waals surface area contributed by atoms with Gasteiger partial charge in [0.15, 0.2) is 5.76 Å². The van der Waals surface area contributed by atoms with Crippen LogP contribution in [-0.4, -0.2) is 10.9 Å². The third-order valence-electron chi connectivity index (χ3n) is 2.43. The SMILES string of the molecule is O=C(C[C@H](O)c1ccc(Cl)cc1)c1ccco1. The van der Waals surface area contributed by atoms with Crippen molar-refractivity contribution in [1.29, 1.82) is 0 Å². The van der Waals surface area contributed by atoms with Crippen LogP contribution in [0.4, 0.5) is 0 Å². The number of hydrogen-bond donors (Lipinski definition) is 1. The quantitative estimate of drug-likeness (QED) is 0.848. The molecule has 0 fully saturated rings. The molecule has 1 N–H and O–H groups in total. The number of Topliss-reactive ketones (excluding diaryl/α,β-unsaturated/α-hetero) is 1. The monoisotopic (exact) mass is 250 g/mol. The van der Waals surface area contributed by atoms with Crippen LogP contribution in [0.3, 0.4) is 0 Å². The second kappa shape index (κ2) is 5.17. The van der Waals surface area contributed by atoms with Gasteiger partial charge in [0, 0.05) is 11.4 Å². The van der Waals surface area contributed by atoms with Gasteiger partial charge in [-0.25, -0.2) is 0 Å². The maximum atomic E-state index is 11.7. The van der Waals surface area contributed by atoms with Crippen molar-refractivity contribution in [3.8, 4) is 0 Å². The molecule has 17 heavy (non-hydrogen) atoms. The maximum Gasteiger partial charge on any atom is 0.200 e. The van der Waals surface area contributed by atoms with Gasteiger partial charge >= 0.3 is 0 Å². The highest BCUT2D eigenvalue weighted by molar-refractivity contribution is 6.30. The molecule has 0 aliphatic rings. The van der Waals surface area contributed by atoms with Gasteiger partial charge in [-0.05, 0) is 29.8 Å². The van der Waals surface area contributed by atoms with E-state index in [1.807, 2.05) is 0 Å². The number of hydrogen-bond acceptors (Lipinski definition) is 3. The number of benzene rings is 1. The molecule has 1 aromatic carbocycles. The van der Waals surface area contributed by atoms with Crippen LogP contribution in [-0.2, 0) is 0 Å². The molecular weight excluding hydrogens is 240 g/mol. The van der Waals surface area contributed by atoms with Crippen LogP contribution in [0.1, 0.15) is 28.6 Å². The summed E-state index contributed by atoms with van der Waals surface area (Å²) in [5.41, 5.74) is 0.661. The summed E-state index contributed by atoms with van der Waals surface area (Å²) < 4.78 is 4.97. The van der Waals surface area contributed by atoms with Gasteiger partial charge in [0.2, 0.25) is 5.78 Å². The van der Waals surface area contributed by atoms with E-state index >= 15 is 0 Å². The highest BCUT2D eigenvalue weighted by Crippen LogP contribution is 2.21. The Hall–Kier alpha value is -1.58. The van der Waals surface area contributed by atoms with E-state index in [9.17, 15) is 9.90 Å². The topological polar surface area (TPSA) is 50.4 Å². The van der Waals surface area contributed by atoms with Crippen molar-refractivity contribution >= 4 is 17.4 Å². The van der Waals surface area contributed by atoms with Gasteiger partial charge in [-0.1, -0.05) is 23.7 Å². The van der Waals surface area contributed by atoms with Crippen molar-refractivity contribution in [2.45, 2.75) is 12.5 Å². The molecule has 0 saturated heterocycles. The molecule has 2 aromatic rings. The molecule has 88 valence electrons. The zero-order valence-electron chi connectivity index (χ0n) is 8.97. The molecule has 0 unspecified atom stereocenters. The van der Waals surface area contributed by atoms with Crippen LogP contribution in [0.5, 0.6) is 0 Å². The van der Waals surface area contributed by atoms with Crippen molar-refractivity contribution in [1.82, 2.24) is 0 Å². The molecule has 0 radical (unpaired) electrons. The van der Waals surface area contributed by atoms with Crippen molar-refractivity contribution < 1.29 is 14.3 Å². The molecule has 0 bridgehead atoms. The first-order chi connectivity index (χ1) is 8.16. The Morgan fingerprint density at radius 3 is 2.59 bits per heavy atom. The maximum absolute atomic E-state index is 11.7. The number of ketones is 1. The van der Waals surface area contributed by atoms with E-state index in [2.05, 4.69) is 0 Å². The highest BCUT2D eigenvalue weighted by Gasteiger charge is 2.16. The normalized spacial score (nSPS) is 12.4. The van der Waals surface area contributed by atoms with Crippen molar-refractivity contribution in [3.05, 3.63) is 59.0 Å². The average molecular weight is 251 g/mol. The van der Waals surface area contributed by atoms with Crippen LogP contribution in [0, 0.1) is 0 Å². The Morgan fingerprint density at radius 2 is 2.00 bits per heavy atom. The van der Waals surface area contributed by atoms with Gasteiger partial charge in [0.25, 0.3) is 0 Å². The fraction of sp³-hybridized carbons (Fsp3) is 0.154. The van der Waals surface area contributed by atoms with Crippen LogP contribution in [0.2, 0.25) is 5.02 Å². The zero-order chi connectivity index (χ0) is 12.3. The van der Waals surface area contributed by atoms with Crippen LogP contribution >= 0.6 is 11.6 Å². The molecule has 0 saturated carbocycles. The van der Waals surface area contributed by atoms with Gasteiger partial charge < -0.3 is 9.52 Å². The van der Waals surface area contributed by atoms with Gasteiger partial charge in [-0.2, -0.15) is 0 Å². The summed E-state index contributed by atoms with van der Waals surface area (Å²) in [7, 11) is 0. The summed E-state index contributed by atoms with van der Waals surface area (Å²) in [6.07, 6.45) is 0.585. The average Bonchev–Trinajstić information content (AvgIpc) is 2.83. The van der Waals surface area contributed by atoms with Crippen LogP contribution in [0.25, 0.3) is 0 Å². The molecule has 0 aliphatic heterocycles. The Morgan fingerprint density at radius 1 is 1.29 bits per heavy atom. The minimum atomic E-state index is -0.843. The van der Waals surface area contributed by atoms with Gasteiger partial charge in [-0.15, -0.1) is 0 Å². The fourth-order valence-electron chi connectivity index (χ4n) is 1.52. The van der Waals surface area contributed by atoms with E-state index in [1.165, 1.54) is 6.26 Å². The number of furan rings is 1. The fourth-order valence-corrected chi connectivity index (χ4v) is 1.64. The third kappa shape index (κ3) is 2.96. The smallest absolute Gasteiger partial charge is 0.200 e. The van der Waals surface area contributed by atoms with Crippen LogP contribution in [0.15, 0.2) is 47.1 Å². The van der Waals surface area contributed by atoms with Crippen LogP contribution < -0.4 is 0 Å². The highest BCUT2D eigenvalue weighted by atomic mass is 35.5. The Bertz CT molecular complexity index is 488. The van der Waals surface area contributed by atoms with Crippen molar-refractivity contribution in [3.63, 3.8) is 0 Å². The molecule has 1 atom stereocenters. The predicted molar refractivity (Wildman–Crippen MR) is 64.1 cm³/mol. The Balaban J connectivity index is 2.04. The van der Waals surface area contributed by atoms with Gasteiger partial charge in [0.05, 0.1) is 12.4 Å². The first kappa shape index (κ1) is 11.9. The number of aliphatic hydroxyl groups is 1. The first-order valence-corrected chi connectivity index (χ1v) is 5.55. The largest absolute Gasteiger partial charge is 0.461 e.